The quantitative estimate of drug-likeness (QED) is 0.0320. The van der Waals surface area contributed by atoms with Crippen LogP contribution in [0.5, 0.6) is 0 Å². The molecule has 0 bridgehead atoms. The van der Waals surface area contributed by atoms with Crippen LogP contribution >= 0.6 is 0 Å². The number of nitrogens with one attached hydrogen (secondary N) is 1. The predicted octanol–water partition coefficient (Wildman–Crippen LogP) is 22.0. The van der Waals surface area contributed by atoms with Crippen molar-refractivity contribution >= 4 is 11.9 Å². The summed E-state index contributed by atoms with van der Waals surface area (Å²) in [4.78, 5) is 24.5. The molecular formula is C69H135NO5. The maximum Gasteiger partial charge on any atom is 0.305 e. The Kier molecular flexibility index (Phi) is 63.9. The van der Waals surface area contributed by atoms with Crippen molar-refractivity contribution in [3.63, 3.8) is 0 Å². The standard InChI is InChI=1S/C69H135NO5/c1-3-5-7-9-11-13-15-16-17-35-38-42-45-49-53-57-61-67(72)66(65-71)70-68(73)62-58-54-50-46-43-39-36-33-31-29-27-25-23-21-19-18-20-22-24-26-28-30-32-34-37-40-44-48-52-56-60-64-75-69(74)63-59-55-51-47-41-14-12-10-8-6-4-2/h57,61,66-67,71-72H,3-56,58-60,62-65H2,1-2H3,(H,70,73)/b61-57+. The molecule has 3 N–H and O–H groups in total. The first-order valence-electron chi connectivity index (χ1n) is 34.5. The van der Waals surface area contributed by atoms with Gasteiger partial charge in [0, 0.05) is 12.8 Å². The Morgan fingerprint density at radius 3 is 0.907 bits per heavy atom. The van der Waals surface area contributed by atoms with E-state index in [1.54, 1.807) is 6.08 Å². The normalized spacial score (nSPS) is 12.5. The van der Waals surface area contributed by atoms with Gasteiger partial charge in [-0.05, 0) is 32.1 Å². The van der Waals surface area contributed by atoms with Gasteiger partial charge in [0.25, 0.3) is 0 Å². The zero-order chi connectivity index (χ0) is 54.3. The summed E-state index contributed by atoms with van der Waals surface area (Å²) >= 11 is 0. The molecule has 2 unspecified atom stereocenters. The fourth-order valence-corrected chi connectivity index (χ4v) is 11.1. The van der Waals surface area contributed by atoms with Gasteiger partial charge >= 0.3 is 5.97 Å². The molecule has 0 aliphatic rings. The molecule has 0 aromatic carbocycles. The molecule has 1 amide bonds. The first-order valence-corrected chi connectivity index (χ1v) is 34.5. The molecule has 0 saturated carbocycles. The second-order valence-corrected chi connectivity index (χ2v) is 23.9. The van der Waals surface area contributed by atoms with E-state index in [-0.39, 0.29) is 18.5 Å². The van der Waals surface area contributed by atoms with E-state index in [9.17, 15) is 19.8 Å². The maximum atomic E-state index is 12.5. The van der Waals surface area contributed by atoms with Crippen LogP contribution in [0.2, 0.25) is 0 Å². The summed E-state index contributed by atoms with van der Waals surface area (Å²) in [5, 5.41) is 23.2. The zero-order valence-corrected chi connectivity index (χ0v) is 51.1. The molecule has 0 aliphatic heterocycles. The van der Waals surface area contributed by atoms with Crippen LogP contribution in [-0.4, -0.2) is 47.4 Å². The number of hydrogen-bond acceptors (Lipinski definition) is 5. The van der Waals surface area contributed by atoms with Crippen LogP contribution in [0.15, 0.2) is 12.2 Å². The Labute approximate surface area is 469 Å². The third kappa shape index (κ3) is 61.7. The van der Waals surface area contributed by atoms with Crippen molar-refractivity contribution in [3.8, 4) is 0 Å². The van der Waals surface area contributed by atoms with Crippen LogP contribution in [0.25, 0.3) is 0 Å². The van der Waals surface area contributed by atoms with Crippen molar-refractivity contribution < 1.29 is 24.5 Å². The van der Waals surface area contributed by atoms with E-state index in [1.165, 1.54) is 327 Å². The van der Waals surface area contributed by atoms with Gasteiger partial charge < -0.3 is 20.3 Å². The van der Waals surface area contributed by atoms with E-state index in [4.69, 9.17) is 4.74 Å². The summed E-state index contributed by atoms with van der Waals surface area (Å²) in [6, 6.07) is -0.624. The number of carbonyl (C=O) groups excluding carboxylic acids is 2. The first-order chi connectivity index (χ1) is 37.0. The Hall–Kier alpha value is -1.40. The Balaban J connectivity index is 3.34. The summed E-state index contributed by atoms with van der Waals surface area (Å²) in [6.45, 7) is 4.94. The number of ether oxygens (including phenoxy) is 1. The van der Waals surface area contributed by atoms with Crippen LogP contribution < -0.4 is 5.32 Å². The number of carbonyl (C=O) groups is 2. The van der Waals surface area contributed by atoms with Crippen molar-refractivity contribution in [2.45, 2.75) is 405 Å². The van der Waals surface area contributed by atoms with Crippen molar-refractivity contribution in [3.05, 3.63) is 12.2 Å². The average Bonchev–Trinajstić information content (AvgIpc) is 3.41. The highest BCUT2D eigenvalue weighted by Gasteiger charge is 2.18. The predicted molar refractivity (Wildman–Crippen MR) is 329 cm³/mol. The molecule has 0 aliphatic carbocycles. The number of allylic oxidation sites excluding steroid dienone is 1. The summed E-state index contributed by atoms with van der Waals surface area (Å²) < 4.78 is 5.48. The first kappa shape index (κ1) is 73.6. The van der Waals surface area contributed by atoms with Crippen LogP contribution in [0.1, 0.15) is 393 Å². The second kappa shape index (κ2) is 65.1. The van der Waals surface area contributed by atoms with E-state index in [0.29, 0.717) is 19.4 Å². The van der Waals surface area contributed by atoms with E-state index in [2.05, 4.69) is 19.2 Å². The number of aliphatic hydroxyl groups is 2. The fraction of sp³-hybridized carbons (Fsp3) is 0.942. The molecule has 75 heavy (non-hydrogen) atoms. The van der Waals surface area contributed by atoms with Crippen LogP contribution in [0.3, 0.4) is 0 Å². The topological polar surface area (TPSA) is 95.9 Å². The number of esters is 1. The smallest absolute Gasteiger partial charge is 0.305 e. The van der Waals surface area contributed by atoms with E-state index < -0.39 is 12.1 Å². The van der Waals surface area contributed by atoms with Crippen LogP contribution in [0, 0.1) is 0 Å². The second-order valence-electron chi connectivity index (χ2n) is 23.9. The van der Waals surface area contributed by atoms with Crippen molar-refractivity contribution in [2.24, 2.45) is 0 Å². The monoisotopic (exact) mass is 1060 g/mol. The van der Waals surface area contributed by atoms with Gasteiger partial charge in [0.15, 0.2) is 0 Å². The molecule has 0 fully saturated rings. The number of unbranched alkanes of at least 4 members (excludes halogenated alkanes) is 54. The number of amides is 1. The van der Waals surface area contributed by atoms with Gasteiger partial charge in [-0.2, -0.15) is 0 Å². The number of aliphatic hydroxyl groups excluding tert-OH is 2. The fourth-order valence-electron chi connectivity index (χ4n) is 11.1. The molecule has 0 rings (SSSR count). The Bertz CT molecular complexity index is 1130. The molecule has 0 heterocycles. The lowest BCUT2D eigenvalue weighted by Gasteiger charge is -2.20. The van der Waals surface area contributed by atoms with Crippen molar-refractivity contribution in [1.29, 1.82) is 0 Å². The molecule has 2 atom stereocenters. The molecule has 0 aromatic rings. The average molecular weight is 1060 g/mol. The lowest BCUT2D eigenvalue weighted by Crippen LogP contribution is -2.45. The lowest BCUT2D eigenvalue weighted by atomic mass is 10.0. The van der Waals surface area contributed by atoms with Crippen molar-refractivity contribution in [1.82, 2.24) is 5.32 Å². The minimum Gasteiger partial charge on any atom is -0.466 e. The van der Waals surface area contributed by atoms with E-state index >= 15 is 0 Å². The van der Waals surface area contributed by atoms with Gasteiger partial charge in [-0.15, -0.1) is 0 Å². The zero-order valence-electron chi connectivity index (χ0n) is 51.1. The minimum atomic E-state index is -0.840. The van der Waals surface area contributed by atoms with Gasteiger partial charge in [-0.1, -0.05) is 360 Å². The molecular weight excluding hydrogens is 923 g/mol. The highest BCUT2D eigenvalue weighted by Crippen LogP contribution is 2.19. The molecule has 6 nitrogen and oxygen atoms in total. The van der Waals surface area contributed by atoms with Gasteiger partial charge in [0.2, 0.25) is 5.91 Å². The number of rotatable bonds is 65. The molecule has 0 aromatic heterocycles. The van der Waals surface area contributed by atoms with Gasteiger partial charge in [0.1, 0.15) is 0 Å². The van der Waals surface area contributed by atoms with Gasteiger partial charge in [0.05, 0.1) is 25.4 Å². The highest BCUT2D eigenvalue weighted by molar-refractivity contribution is 5.76. The van der Waals surface area contributed by atoms with Gasteiger partial charge in [-0.3, -0.25) is 9.59 Å². The number of hydrogen-bond donors (Lipinski definition) is 3. The van der Waals surface area contributed by atoms with Crippen molar-refractivity contribution in [2.75, 3.05) is 13.2 Å². The van der Waals surface area contributed by atoms with Gasteiger partial charge in [-0.25, -0.2) is 0 Å². The third-order valence-electron chi connectivity index (χ3n) is 16.3. The van der Waals surface area contributed by atoms with Crippen LogP contribution in [-0.2, 0) is 14.3 Å². The molecule has 0 saturated heterocycles. The lowest BCUT2D eigenvalue weighted by molar-refractivity contribution is -0.143. The Morgan fingerprint density at radius 1 is 0.360 bits per heavy atom. The molecule has 0 radical (unpaired) electrons. The van der Waals surface area contributed by atoms with E-state index in [0.717, 1.165) is 38.5 Å². The van der Waals surface area contributed by atoms with Crippen LogP contribution in [0.4, 0.5) is 0 Å². The Morgan fingerprint density at radius 2 is 0.613 bits per heavy atom. The summed E-state index contributed by atoms with van der Waals surface area (Å²) in [5.74, 6) is -0.0398. The third-order valence-corrected chi connectivity index (χ3v) is 16.3. The summed E-state index contributed by atoms with van der Waals surface area (Å²) in [7, 11) is 0. The van der Waals surface area contributed by atoms with E-state index in [1.807, 2.05) is 6.08 Å². The largest absolute Gasteiger partial charge is 0.466 e. The molecule has 0 spiro atoms. The summed E-state index contributed by atoms with van der Waals surface area (Å²) in [6.07, 6.45) is 80.1. The molecule has 446 valence electrons. The highest BCUT2D eigenvalue weighted by atomic mass is 16.5. The maximum absolute atomic E-state index is 12.5. The molecule has 6 heteroatoms. The minimum absolute atomic E-state index is 0.0208. The SMILES string of the molecule is CCCCCCCCCCCCCCCC/C=C/C(O)C(CO)NC(=O)CCCCCCCCCCCCCCCCCCCCCCCCCCCCCCCCCOC(=O)CCCCCCCCCCCCC. The summed E-state index contributed by atoms with van der Waals surface area (Å²) in [5.41, 5.74) is 0.